The van der Waals surface area contributed by atoms with Crippen LogP contribution in [0.5, 0.6) is 0 Å². The van der Waals surface area contributed by atoms with Crippen LogP contribution in [0.15, 0.2) is 30.7 Å². The fraction of sp³-hybridized carbons (Fsp3) is 0.353. The second-order valence-electron chi connectivity index (χ2n) is 4.17. The fourth-order valence-corrected chi connectivity index (χ4v) is 2.03. The average molecular weight is 328 g/mol. The number of imidazole rings is 1. The Balaban J connectivity index is 0.000000671. The van der Waals surface area contributed by atoms with E-state index in [1.54, 1.807) is 13.2 Å². The van der Waals surface area contributed by atoms with Gasteiger partial charge < -0.3 is 5.32 Å². The van der Waals surface area contributed by atoms with Crippen LogP contribution in [0.2, 0.25) is 0 Å². The number of rotatable bonds is 3. The monoisotopic (exact) mass is 328 g/mol. The van der Waals surface area contributed by atoms with Crippen molar-refractivity contribution in [3.63, 3.8) is 0 Å². The number of anilines is 1. The lowest BCUT2D eigenvalue weighted by Gasteiger charge is -2.03. The van der Waals surface area contributed by atoms with Gasteiger partial charge in [0.15, 0.2) is 17.4 Å². The minimum absolute atomic E-state index is 0.164. The van der Waals surface area contributed by atoms with Gasteiger partial charge in [0, 0.05) is 20.2 Å². The zero-order chi connectivity index (χ0) is 18.1. The van der Waals surface area contributed by atoms with E-state index in [9.17, 15) is 4.79 Å². The van der Waals surface area contributed by atoms with Gasteiger partial charge in [-0.15, -0.1) is 0 Å². The molecule has 7 nitrogen and oxygen atoms in total. The number of hydrogen-bond acceptors (Lipinski definition) is 6. The molecule has 1 N–H and O–H groups in total. The summed E-state index contributed by atoms with van der Waals surface area (Å²) in [5.74, 6) is 0.697. The molecule has 128 valence electrons. The Morgan fingerprint density at radius 2 is 1.83 bits per heavy atom. The topological polar surface area (TPSA) is 85.1 Å². The molecule has 3 aromatic rings. The summed E-state index contributed by atoms with van der Waals surface area (Å²) in [5.41, 5.74) is 1.89. The summed E-state index contributed by atoms with van der Waals surface area (Å²) >= 11 is 0. The van der Waals surface area contributed by atoms with Gasteiger partial charge in [0.25, 0.3) is 0 Å². The Kier molecular flexibility index (Phi) is 7.48. The highest BCUT2D eigenvalue weighted by molar-refractivity contribution is 5.95. The molecule has 0 unspecified atom stereocenters. The molecule has 3 heterocycles. The molecule has 0 radical (unpaired) electrons. The van der Waals surface area contributed by atoms with Gasteiger partial charge in [0.1, 0.15) is 17.5 Å². The van der Waals surface area contributed by atoms with Gasteiger partial charge in [-0.2, -0.15) is 5.10 Å². The van der Waals surface area contributed by atoms with E-state index in [2.05, 4.69) is 25.4 Å². The highest BCUT2D eigenvalue weighted by atomic mass is 16.1. The molecular formula is C17H24N6O. The largest absolute Gasteiger partial charge is 0.371 e. The standard InChI is InChI=1S/C13H12N6O.2C2H6/c1-8(20)13-18-10(9-5-3-4-6-15-9)11-12(14-2)16-7-17-19(11)13;2*1-2/h3-7H,1-2H3,(H,14,16,17);2*1-2H3. The normalized spacial score (nSPS) is 9.42. The molecule has 0 amide bonds. The lowest BCUT2D eigenvalue weighted by Crippen LogP contribution is -2.05. The van der Waals surface area contributed by atoms with Crippen molar-refractivity contribution < 1.29 is 4.79 Å². The summed E-state index contributed by atoms with van der Waals surface area (Å²) in [5, 5.41) is 7.09. The zero-order valence-corrected chi connectivity index (χ0v) is 15.0. The predicted molar refractivity (Wildman–Crippen MR) is 96.3 cm³/mol. The van der Waals surface area contributed by atoms with Crippen LogP contribution in [0.1, 0.15) is 45.2 Å². The third-order valence-electron chi connectivity index (χ3n) is 2.89. The van der Waals surface area contributed by atoms with Crippen LogP contribution in [-0.4, -0.2) is 37.4 Å². The molecule has 0 aliphatic rings. The maximum atomic E-state index is 11.7. The van der Waals surface area contributed by atoms with Crippen LogP contribution < -0.4 is 5.32 Å². The van der Waals surface area contributed by atoms with Crippen molar-refractivity contribution in [3.8, 4) is 11.4 Å². The van der Waals surface area contributed by atoms with E-state index in [4.69, 9.17) is 0 Å². The Morgan fingerprint density at radius 3 is 2.38 bits per heavy atom. The molecule has 24 heavy (non-hydrogen) atoms. The summed E-state index contributed by atoms with van der Waals surface area (Å²) in [6.45, 7) is 9.46. The third-order valence-corrected chi connectivity index (χ3v) is 2.89. The van der Waals surface area contributed by atoms with Crippen molar-refractivity contribution in [1.82, 2.24) is 24.6 Å². The molecule has 3 rings (SSSR count). The summed E-state index contributed by atoms with van der Waals surface area (Å²) in [7, 11) is 1.75. The number of fused-ring (bicyclic) bond motifs is 1. The van der Waals surface area contributed by atoms with Gasteiger partial charge in [-0.05, 0) is 12.1 Å². The number of nitrogens with zero attached hydrogens (tertiary/aromatic N) is 5. The molecular weight excluding hydrogens is 304 g/mol. The first-order valence-electron chi connectivity index (χ1n) is 8.06. The first-order chi connectivity index (χ1) is 11.7. The van der Waals surface area contributed by atoms with Crippen molar-refractivity contribution in [2.45, 2.75) is 34.6 Å². The van der Waals surface area contributed by atoms with Crippen molar-refractivity contribution in [3.05, 3.63) is 36.5 Å². The van der Waals surface area contributed by atoms with Crippen LogP contribution in [0.25, 0.3) is 16.9 Å². The zero-order valence-electron chi connectivity index (χ0n) is 15.0. The average Bonchev–Trinajstić information content (AvgIpc) is 3.06. The number of nitrogens with one attached hydrogen (secondary N) is 1. The second kappa shape index (κ2) is 9.34. The molecule has 0 fully saturated rings. The molecule has 0 aliphatic carbocycles. The van der Waals surface area contributed by atoms with Crippen LogP contribution >= 0.6 is 0 Å². The Labute approximate surface area is 142 Å². The van der Waals surface area contributed by atoms with Crippen molar-refractivity contribution in [2.24, 2.45) is 0 Å². The van der Waals surface area contributed by atoms with Gasteiger partial charge in [0.05, 0.1) is 5.69 Å². The Morgan fingerprint density at radius 1 is 1.12 bits per heavy atom. The summed E-state index contributed by atoms with van der Waals surface area (Å²) in [6, 6.07) is 5.52. The maximum Gasteiger partial charge on any atom is 0.198 e. The highest BCUT2D eigenvalue weighted by Crippen LogP contribution is 2.26. The number of pyridine rings is 1. The van der Waals surface area contributed by atoms with Crippen LogP contribution in [0, 0.1) is 0 Å². The number of Topliss-reactive ketones (excluding diaryl/α,β-unsaturated/α-hetero) is 1. The summed E-state index contributed by atoms with van der Waals surface area (Å²) in [6.07, 6.45) is 3.06. The molecule has 0 spiro atoms. The molecule has 0 atom stereocenters. The van der Waals surface area contributed by atoms with E-state index >= 15 is 0 Å². The molecule has 0 aliphatic heterocycles. The van der Waals surface area contributed by atoms with E-state index < -0.39 is 0 Å². The second-order valence-corrected chi connectivity index (χ2v) is 4.17. The lowest BCUT2D eigenvalue weighted by molar-refractivity contribution is 0.100. The van der Waals surface area contributed by atoms with E-state index in [1.807, 2.05) is 45.9 Å². The highest BCUT2D eigenvalue weighted by Gasteiger charge is 2.20. The van der Waals surface area contributed by atoms with E-state index in [0.29, 0.717) is 22.7 Å². The third kappa shape index (κ3) is 3.73. The number of aromatic nitrogens is 5. The number of hydrogen-bond donors (Lipinski definition) is 1. The fourth-order valence-electron chi connectivity index (χ4n) is 2.03. The number of carbonyl (C=O) groups is 1. The number of ketones is 1. The lowest BCUT2D eigenvalue weighted by atomic mass is 10.2. The van der Waals surface area contributed by atoms with E-state index in [-0.39, 0.29) is 11.6 Å². The SMILES string of the molecule is CC.CC.CNc1ncnn2c(C(C)=O)nc(-c3ccccn3)c12. The Hall–Kier alpha value is -2.83. The molecule has 3 aromatic heterocycles. The minimum atomic E-state index is -0.164. The van der Waals surface area contributed by atoms with Gasteiger partial charge in [0.2, 0.25) is 0 Å². The first kappa shape index (κ1) is 19.2. The van der Waals surface area contributed by atoms with Gasteiger partial charge in [-0.1, -0.05) is 33.8 Å². The number of carbonyl (C=O) groups excluding carboxylic acids is 1. The van der Waals surface area contributed by atoms with Gasteiger partial charge >= 0.3 is 0 Å². The Bertz CT molecular complexity index is 782. The summed E-state index contributed by atoms with van der Waals surface area (Å²) < 4.78 is 1.49. The maximum absolute atomic E-state index is 11.7. The molecule has 0 aromatic carbocycles. The summed E-state index contributed by atoms with van der Waals surface area (Å²) in [4.78, 5) is 24.5. The van der Waals surface area contributed by atoms with Crippen LogP contribution in [-0.2, 0) is 0 Å². The smallest absolute Gasteiger partial charge is 0.198 e. The predicted octanol–water partition coefficient (Wildman–Crippen LogP) is 3.48. The molecule has 0 saturated carbocycles. The van der Waals surface area contributed by atoms with Crippen molar-refractivity contribution in [2.75, 3.05) is 12.4 Å². The molecule has 0 saturated heterocycles. The molecule has 7 heteroatoms. The van der Waals surface area contributed by atoms with Crippen molar-refractivity contribution >= 4 is 17.1 Å². The quantitative estimate of drug-likeness (QED) is 0.741. The van der Waals surface area contributed by atoms with Crippen molar-refractivity contribution in [1.29, 1.82) is 0 Å². The van der Waals surface area contributed by atoms with Gasteiger partial charge in [-0.3, -0.25) is 9.78 Å². The van der Waals surface area contributed by atoms with Gasteiger partial charge in [-0.25, -0.2) is 14.5 Å². The van der Waals surface area contributed by atoms with E-state index in [1.165, 1.54) is 17.8 Å². The van der Waals surface area contributed by atoms with E-state index in [0.717, 1.165) is 0 Å². The van der Waals surface area contributed by atoms with Crippen LogP contribution in [0.4, 0.5) is 5.82 Å². The minimum Gasteiger partial charge on any atom is -0.371 e. The first-order valence-corrected chi connectivity index (χ1v) is 8.06. The van der Waals surface area contributed by atoms with Crippen LogP contribution in [0.3, 0.4) is 0 Å². The molecule has 0 bridgehead atoms.